The maximum absolute atomic E-state index is 12.2. The lowest BCUT2D eigenvalue weighted by molar-refractivity contribution is -0.148. The van der Waals surface area contributed by atoms with E-state index in [-0.39, 0.29) is 12.5 Å². The molecule has 25 heavy (non-hydrogen) atoms. The lowest BCUT2D eigenvalue weighted by atomic mass is 9.94. The Balaban J connectivity index is 2.06. The molecule has 136 valence electrons. The average molecular weight is 347 g/mol. The molecule has 0 aliphatic carbocycles. The third-order valence-corrected chi connectivity index (χ3v) is 3.91. The third kappa shape index (κ3) is 5.29. The molecule has 0 spiro atoms. The second kappa shape index (κ2) is 7.65. The zero-order chi connectivity index (χ0) is 18.6. The quantitative estimate of drug-likeness (QED) is 0.803. The zero-order valence-corrected chi connectivity index (χ0v) is 15.1. The molecule has 0 saturated carbocycles. The monoisotopic (exact) mass is 347 g/mol. The van der Waals surface area contributed by atoms with Gasteiger partial charge in [-0.05, 0) is 38.3 Å². The summed E-state index contributed by atoms with van der Waals surface area (Å²) in [6, 6.07) is 6.69. The van der Waals surface area contributed by atoms with E-state index in [9.17, 15) is 14.4 Å². The van der Waals surface area contributed by atoms with Gasteiger partial charge in [0.1, 0.15) is 6.04 Å². The molecule has 1 atom stereocenters. The number of carbonyl (C=O) groups excluding carboxylic acids is 3. The fraction of sp³-hybridized carbons (Fsp3) is 0.500. The molecule has 0 aromatic heterocycles. The summed E-state index contributed by atoms with van der Waals surface area (Å²) in [6.07, 6.45) is 0.477. The Bertz CT molecular complexity index is 667. The van der Waals surface area contributed by atoms with E-state index in [1.54, 1.807) is 4.90 Å². The van der Waals surface area contributed by atoms with Crippen LogP contribution in [0.4, 0.5) is 4.79 Å². The maximum Gasteiger partial charge on any atom is 0.323 e. The molecule has 0 fully saturated rings. The highest BCUT2D eigenvalue weighted by atomic mass is 16.5. The van der Waals surface area contributed by atoms with Crippen molar-refractivity contribution in [3.63, 3.8) is 0 Å². The summed E-state index contributed by atoms with van der Waals surface area (Å²) in [7, 11) is 1.33. The number of carbonyl (C=O) groups is 3. The van der Waals surface area contributed by atoms with Crippen LogP contribution < -0.4 is 10.6 Å². The fourth-order valence-electron chi connectivity index (χ4n) is 2.83. The number of urea groups is 1. The summed E-state index contributed by atoms with van der Waals surface area (Å²) in [5.41, 5.74) is 1.69. The van der Waals surface area contributed by atoms with Crippen molar-refractivity contribution in [2.24, 2.45) is 0 Å². The number of nitrogens with one attached hydrogen (secondary N) is 2. The Labute approximate surface area is 147 Å². The molecule has 7 nitrogen and oxygen atoms in total. The van der Waals surface area contributed by atoms with Crippen LogP contribution in [0.1, 0.15) is 31.9 Å². The first-order chi connectivity index (χ1) is 11.7. The van der Waals surface area contributed by atoms with E-state index in [4.69, 9.17) is 4.74 Å². The van der Waals surface area contributed by atoms with Crippen molar-refractivity contribution in [2.45, 2.75) is 45.3 Å². The number of hydrogen-bond acceptors (Lipinski definition) is 5. The Hall–Kier alpha value is -2.41. The van der Waals surface area contributed by atoms with Crippen molar-refractivity contribution in [1.82, 2.24) is 15.5 Å². The van der Waals surface area contributed by atoms with Crippen LogP contribution >= 0.6 is 0 Å². The lowest BCUT2D eigenvalue weighted by Crippen LogP contribution is -2.53. The number of methoxy groups -OCH3 is 1. The molecule has 1 aliphatic heterocycles. The van der Waals surface area contributed by atoms with Gasteiger partial charge in [-0.15, -0.1) is 0 Å². The molecule has 3 amide bonds. The predicted octanol–water partition coefficient (Wildman–Crippen LogP) is 1.21. The molecule has 1 aromatic rings. The number of amides is 3. The molecule has 0 unspecified atom stereocenters. The van der Waals surface area contributed by atoms with Crippen molar-refractivity contribution >= 4 is 17.9 Å². The van der Waals surface area contributed by atoms with Crippen molar-refractivity contribution in [3.05, 3.63) is 35.4 Å². The van der Waals surface area contributed by atoms with Crippen LogP contribution in [0.15, 0.2) is 24.3 Å². The van der Waals surface area contributed by atoms with Gasteiger partial charge in [0, 0.05) is 12.1 Å². The van der Waals surface area contributed by atoms with E-state index in [0.29, 0.717) is 13.0 Å². The highest BCUT2D eigenvalue weighted by molar-refractivity contribution is 5.95. The second-order valence-corrected chi connectivity index (χ2v) is 7.17. The van der Waals surface area contributed by atoms with Gasteiger partial charge in [-0.2, -0.15) is 0 Å². The van der Waals surface area contributed by atoms with Crippen LogP contribution in [0, 0.1) is 0 Å². The predicted molar refractivity (Wildman–Crippen MR) is 92.8 cm³/mol. The Morgan fingerprint density at radius 3 is 2.44 bits per heavy atom. The highest BCUT2D eigenvalue weighted by Gasteiger charge is 2.33. The van der Waals surface area contributed by atoms with Crippen LogP contribution in [0.2, 0.25) is 0 Å². The smallest absolute Gasteiger partial charge is 0.323 e. The number of imide groups is 1. The van der Waals surface area contributed by atoms with Crippen molar-refractivity contribution in [3.8, 4) is 0 Å². The van der Waals surface area contributed by atoms with E-state index < -0.39 is 23.5 Å². The minimum Gasteiger partial charge on any atom is -0.468 e. The normalized spacial score (nSPS) is 17.4. The maximum atomic E-state index is 12.2. The van der Waals surface area contributed by atoms with Crippen LogP contribution in [0.5, 0.6) is 0 Å². The number of fused-ring (bicyclic) bond motifs is 1. The fourth-order valence-corrected chi connectivity index (χ4v) is 2.83. The van der Waals surface area contributed by atoms with Crippen molar-refractivity contribution in [1.29, 1.82) is 0 Å². The van der Waals surface area contributed by atoms with E-state index in [2.05, 4.69) is 10.6 Å². The summed E-state index contributed by atoms with van der Waals surface area (Å²) < 4.78 is 4.87. The summed E-state index contributed by atoms with van der Waals surface area (Å²) in [6.45, 7) is 5.86. The zero-order valence-electron chi connectivity index (χ0n) is 15.1. The summed E-state index contributed by atoms with van der Waals surface area (Å²) in [4.78, 5) is 37.9. The van der Waals surface area contributed by atoms with Gasteiger partial charge < -0.3 is 10.1 Å². The molecular weight excluding hydrogens is 322 g/mol. The molecule has 1 aromatic carbocycles. The Kier molecular flexibility index (Phi) is 5.79. The first-order valence-electron chi connectivity index (χ1n) is 8.20. The minimum absolute atomic E-state index is 0.0638. The van der Waals surface area contributed by atoms with Gasteiger partial charge >= 0.3 is 12.0 Å². The van der Waals surface area contributed by atoms with Gasteiger partial charge in [-0.3, -0.25) is 19.8 Å². The van der Waals surface area contributed by atoms with Crippen LogP contribution in [-0.4, -0.2) is 48.0 Å². The standard InChI is InChI=1S/C18H25N3O4/c1-18(2,3)20-17(24)19-15(22)11-21-10-13-8-6-5-7-12(13)9-14(21)16(23)25-4/h5-8,14H,9-11H2,1-4H3,(H2,19,20,22,24)/t14-/m1/s1. The number of nitrogens with zero attached hydrogens (tertiary/aromatic N) is 1. The van der Waals surface area contributed by atoms with Gasteiger partial charge in [-0.1, -0.05) is 24.3 Å². The summed E-state index contributed by atoms with van der Waals surface area (Å²) in [5, 5.41) is 4.97. The molecule has 1 aliphatic rings. The number of benzene rings is 1. The summed E-state index contributed by atoms with van der Waals surface area (Å²) >= 11 is 0. The molecule has 0 saturated heterocycles. The van der Waals surface area contributed by atoms with E-state index in [1.807, 2.05) is 45.0 Å². The van der Waals surface area contributed by atoms with Crippen LogP contribution in [0.3, 0.4) is 0 Å². The van der Waals surface area contributed by atoms with Gasteiger partial charge in [0.25, 0.3) is 0 Å². The molecular formula is C18H25N3O4. The van der Waals surface area contributed by atoms with Crippen LogP contribution in [-0.2, 0) is 27.3 Å². The SMILES string of the molecule is COC(=O)[C@H]1Cc2ccccc2CN1CC(=O)NC(=O)NC(C)(C)C. The van der Waals surface area contributed by atoms with Gasteiger partial charge in [0.2, 0.25) is 5.91 Å². The Morgan fingerprint density at radius 2 is 1.84 bits per heavy atom. The average Bonchev–Trinajstić information content (AvgIpc) is 2.51. The molecule has 2 N–H and O–H groups in total. The molecule has 0 bridgehead atoms. The van der Waals surface area contributed by atoms with E-state index in [1.165, 1.54) is 7.11 Å². The molecule has 7 heteroatoms. The minimum atomic E-state index is -0.551. The van der Waals surface area contributed by atoms with E-state index >= 15 is 0 Å². The number of hydrogen-bond donors (Lipinski definition) is 2. The van der Waals surface area contributed by atoms with Gasteiger partial charge in [-0.25, -0.2) is 4.79 Å². The van der Waals surface area contributed by atoms with Gasteiger partial charge in [0.15, 0.2) is 0 Å². The number of rotatable bonds is 3. The van der Waals surface area contributed by atoms with Crippen molar-refractivity contribution in [2.75, 3.05) is 13.7 Å². The van der Waals surface area contributed by atoms with Crippen molar-refractivity contribution < 1.29 is 19.1 Å². The Morgan fingerprint density at radius 1 is 1.20 bits per heavy atom. The first kappa shape index (κ1) is 18.9. The number of esters is 1. The largest absolute Gasteiger partial charge is 0.468 e. The molecule has 0 radical (unpaired) electrons. The number of ether oxygens (including phenoxy) is 1. The third-order valence-electron chi connectivity index (χ3n) is 3.91. The molecule has 2 rings (SSSR count). The summed E-state index contributed by atoms with van der Waals surface area (Å²) in [5.74, 6) is -0.850. The van der Waals surface area contributed by atoms with Crippen LogP contribution in [0.25, 0.3) is 0 Å². The topological polar surface area (TPSA) is 87.7 Å². The second-order valence-electron chi connectivity index (χ2n) is 7.17. The lowest BCUT2D eigenvalue weighted by Gasteiger charge is -2.34. The highest BCUT2D eigenvalue weighted by Crippen LogP contribution is 2.23. The first-order valence-corrected chi connectivity index (χ1v) is 8.20. The van der Waals surface area contributed by atoms with E-state index in [0.717, 1.165) is 11.1 Å². The van der Waals surface area contributed by atoms with Gasteiger partial charge in [0.05, 0.1) is 13.7 Å². The molecule has 1 heterocycles.